The molecule has 0 aromatic heterocycles. The molecule has 0 amide bonds. The Balaban J connectivity index is 1.52. The largest absolute Gasteiger partial charge is 0.508 e. The van der Waals surface area contributed by atoms with Crippen molar-refractivity contribution in [2.45, 2.75) is 98.8 Å². The van der Waals surface area contributed by atoms with E-state index in [-0.39, 0.29) is 30.3 Å². The van der Waals surface area contributed by atoms with E-state index in [1.165, 1.54) is 0 Å². The van der Waals surface area contributed by atoms with Gasteiger partial charge in [-0.3, -0.25) is 4.79 Å². The molecule has 0 aliphatic carbocycles. The summed E-state index contributed by atoms with van der Waals surface area (Å²) in [6.45, 7) is 0.332. The molecule has 3 rings (SSSR count). The molecule has 1 unspecified atom stereocenters. The highest BCUT2D eigenvalue weighted by molar-refractivity contribution is 7.99. The van der Waals surface area contributed by atoms with Crippen molar-refractivity contribution in [3.8, 4) is 17.2 Å². The zero-order valence-corrected chi connectivity index (χ0v) is 26.3. The summed E-state index contributed by atoms with van der Waals surface area (Å²) in [6, 6.07) is 11.9. The minimum atomic E-state index is -7.00. The number of fused-ring (bicyclic) bond motifs is 1. The van der Waals surface area contributed by atoms with Gasteiger partial charge in [-0.2, -0.15) is 39.5 Å². The molecule has 0 radical (unpaired) electrons. The van der Waals surface area contributed by atoms with Crippen LogP contribution in [0.4, 0.5) is 39.5 Å². The summed E-state index contributed by atoms with van der Waals surface area (Å²) in [6.07, 6.45) is -4.20. The third kappa shape index (κ3) is 8.37. The summed E-state index contributed by atoms with van der Waals surface area (Å²) >= 11 is 1.62. The predicted octanol–water partition coefficient (Wildman–Crippen LogP) is 9.90. The van der Waals surface area contributed by atoms with Crippen LogP contribution in [0.5, 0.6) is 17.2 Å². The number of aliphatic carboxylic acids is 1. The first-order valence-corrected chi connectivity index (χ1v) is 16.3. The van der Waals surface area contributed by atoms with Gasteiger partial charge < -0.3 is 20.1 Å². The number of carboxylic acid groups (broad SMARTS) is 1. The number of hydrogen-bond acceptors (Lipinski definition) is 5. The number of ether oxygens (including phenoxy) is 1. The SMILES string of the molecule is CS[C@]1(c2ccc(O)cc2)COc2cc(O)ccc2[C@H]1CCCCCCCCC(CCC(F)(F)C(F)(F)C(F)(F)C(F)(F)F)C(=O)O. The molecule has 1 aliphatic rings. The second kappa shape index (κ2) is 15.1. The van der Waals surface area contributed by atoms with Crippen LogP contribution in [0, 0.1) is 5.92 Å². The van der Waals surface area contributed by atoms with Crippen LogP contribution in [-0.2, 0) is 9.54 Å². The number of carbonyl (C=O) groups is 1. The topological polar surface area (TPSA) is 87.0 Å². The van der Waals surface area contributed by atoms with Crippen LogP contribution in [0.25, 0.3) is 0 Å². The van der Waals surface area contributed by atoms with Crippen molar-refractivity contribution in [2.75, 3.05) is 12.9 Å². The molecule has 0 bridgehead atoms. The highest BCUT2D eigenvalue weighted by Gasteiger charge is 2.81. The maximum atomic E-state index is 13.9. The summed E-state index contributed by atoms with van der Waals surface area (Å²) in [4.78, 5) is 11.5. The number of carboxylic acids is 1. The number of halogens is 9. The molecular weight excluding hydrogens is 667 g/mol. The first kappa shape index (κ1) is 38.5. The molecule has 5 nitrogen and oxygen atoms in total. The summed E-state index contributed by atoms with van der Waals surface area (Å²) in [5.41, 5.74) is 1.90. The van der Waals surface area contributed by atoms with E-state index >= 15 is 0 Å². The average molecular weight is 705 g/mol. The molecule has 15 heteroatoms. The lowest BCUT2D eigenvalue weighted by molar-refractivity contribution is -0.396. The molecule has 3 N–H and O–H groups in total. The van der Waals surface area contributed by atoms with Gasteiger partial charge in [0.1, 0.15) is 23.9 Å². The Kier molecular flexibility index (Phi) is 12.3. The summed E-state index contributed by atoms with van der Waals surface area (Å²) in [5, 5.41) is 29.1. The van der Waals surface area contributed by atoms with Crippen molar-refractivity contribution in [1.29, 1.82) is 0 Å². The highest BCUT2D eigenvalue weighted by atomic mass is 32.2. The van der Waals surface area contributed by atoms with Crippen LogP contribution >= 0.6 is 11.8 Å². The van der Waals surface area contributed by atoms with E-state index in [0.717, 1.165) is 36.8 Å². The summed E-state index contributed by atoms with van der Waals surface area (Å²) in [7, 11) is 0. The standard InChI is InChI=1S/C32H37F9O5S/c1-47-28(21-10-12-22(42)13-11-21)19-46-26-18-23(43)14-15-24(26)25(28)9-7-5-3-2-4-6-8-20(27(44)45)16-17-29(33,34)30(35,36)31(37,38)32(39,40)41/h10-15,18,20,25,42-43H,2-9,16-17,19H2,1H3,(H,44,45)/t20?,25-,28+/m1/s1. The normalized spacial score (nSPS) is 19.6. The van der Waals surface area contributed by atoms with Crippen LogP contribution in [0.1, 0.15) is 81.3 Å². The first-order chi connectivity index (χ1) is 21.8. The van der Waals surface area contributed by atoms with Crippen molar-refractivity contribution >= 4 is 17.7 Å². The first-order valence-electron chi connectivity index (χ1n) is 15.0. The minimum absolute atomic E-state index is 0.00990. The van der Waals surface area contributed by atoms with Gasteiger partial charge in [0.2, 0.25) is 0 Å². The average Bonchev–Trinajstić information content (AvgIpc) is 2.99. The van der Waals surface area contributed by atoms with Crippen LogP contribution in [0.2, 0.25) is 0 Å². The van der Waals surface area contributed by atoms with Crippen LogP contribution in [0.3, 0.4) is 0 Å². The van der Waals surface area contributed by atoms with Crippen molar-refractivity contribution in [2.24, 2.45) is 5.92 Å². The monoisotopic (exact) mass is 704 g/mol. The van der Waals surface area contributed by atoms with Gasteiger partial charge in [0, 0.05) is 18.4 Å². The molecule has 1 aliphatic heterocycles. The predicted molar refractivity (Wildman–Crippen MR) is 158 cm³/mol. The van der Waals surface area contributed by atoms with Crippen molar-refractivity contribution in [3.63, 3.8) is 0 Å². The van der Waals surface area contributed by atoms with Gasteiger partial charge in [0.25, 0.3) is 0 Å². The fourth-order valence-electron chi connectivity index (χ4n) is 5.97. The Morgan fingerprint density at radius 1 is 0.851 bits per heavy atom. The lowest BCUT2D eigenvalue weighted by Gasteiger charge is -2.44. The lowest BCUT2D eigenvalue weighted by atomic mass is 9.76. The number of benzene rings is 2. The van der Waals surface area contributed by atoms with Crippen molar-refractivity contribution in [3.05, 3.63) is 53.6 Å². The second-order valence-corrected chi connectivity index (χ2v) is 13.0. The van der Waals surface area contributed by atoms with Crippen molar-refractivity contribution in [1.82, 2.24) is 0 Å². The van der Waals surface area contributed by atoms with E-state index in [1.54, 1.807) is 36.0 Å². The Bertz CT molecular complexity index is 1340. The smallest absolute Gasteiger partial charge is 0.460 e. The van der Waals surface area contributed by atoms with Crippen LogP contribution < -0.4 is 4.74 Å². The van der Waals surface area contributed by atoms with Crippen LogP contribution in [0.15, 0.2) is 42.5 Å². The quantitative estimate of drug-likeness (QED) is 0.112. The van der Waals surface area contributed by atoms with E-state index in [1.807, 2.05) is 24.5 Å². The number of phenols is 2. The second-order valence-electron chi connectivity index (χ2n) is 11.8. The van der Waals surface area contributed by atoms with E-state index in [0.29, 0.717) is 25.2 Å². The Morgan fingerprint density at radius 2 is 1.43 bits per heavy atom. The lowest BCUT2D eigenvalue weighted by Crippen LogP contribution is -2.60. The molecule has 2 aromatic rings. The fraction of sp³-hybridized carbons (Fsp3) is 0.594. The number of alkyl halides is 9. The Labute approximate surface area is 270 Å². The van der Waals surface area contributed by atoms with Gasteiger partial charge in [-0.05, 0) is 54.8 Å². The van der Waals surface area contributed by atoms with E-state index in [4.69, 9.17) is 4.74 Å². The molecule has 264 valence electrons. The molecule has 2 aromatic carbocycles. The van der Waals surface area contributed by atoms with Gasteiger partial charge in [0.15, 0.2) is 0 Å². The third-order valence-electron chi connectivity index (χ3n) is 8.76. The number of hydrogen-bond donors (Lipinski definition) is 3. The van der Waals surface area contributed by atoms with Gasteiger partial charge in [-0.25, -0.2) is 0 Å². The Hall–Kier alpha value is -2.97. The summed E-state index contributed by atoms with van der Waals surface area (Å²) in [5.74, 6) is -22.0. The molecule has 0 fully saturated rings. The van der Waals surface area contributed by atoms with Gasteiger partial charge in [0.05, 0.1) is 10.7 Å². The molecule has 47 heavy (non-hydrogen) atoms. The fourth-order valence-corrected chi connectivity index (χ4v) is 7.04. The van der Waals surface area contributed by atoms with Gasteiger partial charge >= 0.3 is 29.9 Å². The maximum absolute atomic E-state index is 13.9. The van der Waals surface area contributed by atoms with Crippen molar-refractivity contribution < 1.29 is 64.4 Å². The number of unbranched alkanes of at least 4 members (excludes halogenated alkanes) is 5. The van der Waals surface area contributed by atoms with E-state index in [2.05, 4.69) is 0 Å². The maximum Gasteiger partial charge on any atom is 0.460 e. The van der Waals surface area contributed by atoms with E-state index < -0.39 is 53.4 Å². The third-order valence-corrected chi connectivity index (χ3v) is 10.1. The van der Waals surface area contributed by atoms with Gasteiger partial charge in [-0.1, -0.05) is 56.7 Å². The minimum Gasteiger partial charge on any atom is -0.508 e. The number of phenolic OH excluding ortho intramolecular Hbond substituents is 2. The number of thioether (sulfide) groups is 1. The zero-order valence-electron chi connectivity index (χ0n) is 25.4. The summed E-state index contributed by atoms with van der Waals surface area (Å²) < 4.78 is 124. The zero-order chi connectivity index (χ0) is 35.3. The molecular formula is C32H37F9O5S. The Morgan fingerprint density at radius 3 is 2.00 bits per heavy atom. The molecule has 0 saturated heterocycles. The van der Waals surface area contributed by atoms with Crippen LogP contribution in [-0.4, -0.2) is 58.1 Å². The van der Waals surface area contributed by atoms with Gasteiger partial charge in [-0.15, -0.1) is 11.8 Å². The molecule has 0 saturated carbocycles. The molecule has 1 heterocycles. The molecule has 0 spiro atoms. The highest BCUT2D eigenvalue weighted by Crippen LogP contribution is 2.56. The molecule has 3 atom stereocenters. The number of aromatic hydroxyl groups is 2. The van der Waals surface area contributed by atoms with E-state index in [9.17, 15) is 59.6 Å². The number of rotatable bonds is 17.